The molecule has 0 aliphatic heterocycles. The number of benzene rings is 1. The molecule has 0 atom stereocenters. The quantitative estimate of drug-likeness (QED) is 0.529. The minimum atomic E-state index is -1.74. The van der Waals surface area contributed by atoms with Crippen molar-refractivity contribution in [3.05, 3.63) is 29.3 Å². The molecule has 0 heterocycles. The van der Waals surface area contributed by atoms with Crippen LogP contribution in [0.1, 0.15) is 15.9 Å². The van der Waals surface area contributed by atoms with Crippen LogP contribution in [0.5, 0.6) is 0 Å². The van der Waals surface area contributed by atoms with Gasteiger partial charge in [-0.3, -0.25) is 0 Å². The second-order valence-electron chi connectivity index (χ2n) is 2.77. The molecule has 4 nitrogen and oxygen atoms in total. The molecule has 0 saturated heterocycles. The van der Waals surface area contributed by atoms with Gasteiger partial charge < -0.3 is 15.2 Å². The van der Waals surface area contributed by atoms with Crippen LogP contribution in [0.2, 0.25) is 0 Å². The highest BCUT2D eigenvalue weighted by molar-refractivity contribution is 6.60. The largest absolute Gasteiger partial charge is 0.489 e. The summed E-state index contributed by atoms with van der Waals surface area (Å²) < 4.78 is 0. The Labute approximate surface area is 75.6 Å². The number of carboxylic acid groups (broad SMARTS) is 1. The summed E-state index contributed by atoms with van der Waals surface area (Å²) in [5.41, 5.74) is 0.704. The van der Waals surface area contributed by atoms with Crippen LogP contribution in [0, 0.1) is 6.92 Å². The highest BCUT2D eigenvalue weighted by atomic mass is 16.4. The molecule has 0 amide bonds. The number of hydrogen-bond donors (Lipinski definition) is 3. The van der Waals surface area contributed by atoms with Gasteiger partial charge >= 0.3 is 13.1 Å². The van der Waals surface area contributed by atoms with E-state index in [1.165, 1.54) is 12.1 Å². The van der Waals surface area contributed by atoms with Gasteiger partial charge in [-0.05, 0) is 18.5 Å². The Bertz CT molecular complexity index is 335. The lowest BCUT2D eigenvalue weighted by Gasteiger charge is -2.05. The molecule has 13 heavy (non-hydrogen) atoms. The van der Waals surface area contributed by atoms with Crippen molar-refractivity contribution in [1.82, 2.24) is 0 Å². The normalized spacial score (nSPS) is 9.77. The molecular weight excluding hydrogens is 171 g/mol. The number of rotatable bonds is 2. The summed E-state index contributed by atoms with van der Waals surface area (Å²) >= 11 is 0. The van der Waals surface area contributed by atoms with Crippen molar-refractivity contribution < 1.29 is 19.9 Å². The molecule has 0 saturated carbocycles. The van der Waals surface area contributed by atoms with Crippen LogP contribution in [-0.4, -0.2) is 28.2 Å². The van der Waals surface area contributed by atoms with Gasteiger partial charge in [-0.2, -0.15) is 0 Å². The number of hydrogen-bond acceptors (Lipinski definition) is 3. The van der Waals surface area contributed by atoms with Crippen LogP contribution >= 0.6 is 0 Å². The van der Waals surface area contributed by atoms with Crippen LogP contribution in [0.3, 0.4) is 0 Å². The maximum absolute atomic E-state index is 10.7. The fraction of sp³-hybridized carbons (Fsp3) is 0.125. The van der Waals surface area contributed by atoms with E-state index in [1.54, 1.807) is 13.0 Å². The fourth-order valence-corrected chi connectivity index (χ4v) is 1.08. The first-order chi connectivity index (χ1) is 6.02. The van der Waals surface area contributed by atoms with Crippen LogP contribution in [0.25, 0.3) is 0 Å². The van der Waals surface area contributed by atoms with E-state index in [1.807, 2.05) is 0 Å². The average Bonchev–Trinajstić information content (AvgIpc) is 2.03. The fourth-order valence-electron chi connectivity index (χ4n) is 1.08. The predicted molar refractivity (Wildman–Crippen MR) is 48.0 cm³/mol. The molecule has 5 heteroatoms. The topological polar surface area (TPSA) is 77.8 Å². The van der Waals surface area contributed by atoms with Crippen molar-refractivity contribution in [2.24, 2.45) is 0 Å². The summed E-state index contributed by atoms with van der Waals surface area (Å²) in [5.74, 6) is -1.16. The zero-order chi connectivity index (χ0) is 10.0. The monoisotopic (exact) mass is 180 g/mol. The molecule has 1 aromatic carbocycles. The second kappa shape index (κ2) is 3.59. The Morgan fingerprint density at radius 2 is 2.00 bits per heavy atom. The maximum atomic E-state index is 10.7. The van der Waals surface area contributed by atoms with E-state index in [-0.39, 0.29) is 11.0 Å². The molecule has 0 bridgehead atoms. The summed E-state index contributed by atoms with van der Waals surface area (Å²) in [4.78, 5) is 10.7. The van der Waals surface area contributed by atoms with Crippen molar-refractivity contribution in [3.63, 3.8) is 0 Å². The van der Waals surface area contributed by atoms with E-state index in [2.05, 4.69) is 0 Å². The number of aryl methyl sites for hydroxylation is 1. The minimum Gasteiger partial charge on any atom is -0.478 e. The molecule has 0 fully saturated rings. The Kier molecular flexibility index (Phi) is 2.70. The second-order valence-corrected chi connectivity index (χ2v) is 2.77. The Balaban J connectivity index is 3.27. The summed E-state index contributed by atoms with van der Waals surface area (Å²) in [5, 5.41) is 26.4. The molecule has 1 rings (SSSR count). The van der Waals surface area contributed by atoms with E-state index < -0.39 is 13.1 Å². The highest BCUT2D eigenvalue weighted by Gasteiger charge is 2.19. The maximum Gasteiger partial charge on any atom is 0.489 e. The first-order valence-electron chi connectivity index (χ1n) is 3.72. The lowest BCUT2D eigenvalue weighted by molar-refractivity contribution is 0.0697. The zero-order valence-corrected chi connectivity index (χ0v) is 7.06. The van der Waals surface area contributed by atoms with Crippen LogP contribution in [0.15, 0.2) is 18.2 Å². The van der Waals surface area contributed by atoms with Gasteiger partial charge in [-0.15, -0.1) is 0 Å². The van der Waals surface area contributed by atoms with Crippen molar-refractivity contribution in [2.45, 2.75) is 6.92 Å². The first-order valence-corrected chi connectivity index (χ1v) is 3.72. The molecular formula is C8H9BO4. The van der Waals surface area contributed by atoms with Gasteiger partial charge in [-0.1, -0.05) is 17.7 Å². The standard InChI is InChI=1S/C8H9BO4/c1-5-2-3-7(9(12)13)6(4-5)8(10)11/h2-4,12-13H,1H3,(H,10,11). The van der Waals surface area contributed by atoms with Gasteiger partial charge in [0.15, 0.2) is 0 Å². The SMILES string of the molecule is Cc1ccc(B(O)O)c(C(=O)O)c1. The van der Waals surface area contributed by atoms with Crippen LogP contribution in [-0.2, 0) is 0 Å². The number of aromatic carboxylic acids is 1. The van der Waals surface area contributed by atoms with E-state index >= 15 is 0 Å². The molecule has 1 aromatic rings. The van der Waals surface area contributed by atoms with Gasteiger partial charge in [0, 0.05) is 0 Å². The third-order valence-corrected chi connectivity index (χ3v) is 1.72. The molecule has 3 N–H and O–H groups in total. The molecule has 0 radical (unpaired) electrons. The number of carboxylic acids is 1. The molecule has 0 aromatic heterocycles. The van der Waals surface area contributed by atoms with E-state index in [4.69, 9.17) is 15.2 Å². The van der Waals surface area contributed by atoms with Gasteiger partial charge in [0.2, 0.25) is 0 Å². The zero-order valence-electron chi connectivity index (χ0n) is 7.06. The molecule has 68 valence electrons. The third-order valence-electron chi connectivity index (χ3n) is 1.72. The summed E-state index contributed by atoms with van der Waals surface area (Å²) in [7, 11) is -1.74. The molecule has 0 unspecified atom stereocenters. The van der Waals surface area contributed by atoms with Crippen molar-refractivity contribution in [1.29, 1.82) is 0 Å². The van der Waals surface area contributed by atoms with E-state index in [0.29, 0.717) is 0 Å². The Hall–Kier alpha value is -1.33. The Morgan fingerprint density at radius 3 is 2.46 bits per heavy atom. The predicted octanol–water partition coefficient (Wildman–Crippen LogP) is -0.627. The van der Waals surface area contributed by atoms with Gasteiger partial charge in [0.25, 0.3) is 0 Å². The van der Waals surface area contributed by atoms with Gasteiger partial charge in [0.1, 0.15) is 0 Å². The minimum absolute atomic E-state index is 0.0121. The Morgan fingerprint density at radius 1 is 1.38 bits per heavy atom. The van der Waals surface area contributed by atoms with Gasteiger partial charge in [-0.25, -0.2) is 4.79 Å². The summed E-state index contributed by atoms with van der Waals surface area (Å²) in [6.45, 7) is 1.74. The molecule has 0 spiro atoms. The van der Waals surface area contributed by atoms with Crippen LogP contribution in [0.4, 0.5) is 0 Å². The van der Waals surface area contributed by atoms with E-state index in [0.717, 1.165) is 5.56 Å². The van der Waals surface area contributed by atoms with Crippen molar-refractivity contribution in [2.75, 3.05) is 0 Å². The first kappa shape index (κ1) is 9.76. The smallest absolute Gasteiger partial charge is 0.478 e. The third kappa shape index (κ3) is 2.08. The van der Waals surface area contributed by atoms with Crippen molar-refractivity contribution in [3.8, 4) is 0 Å². The molecule has 0 aliphatic rings. The molecule has 0 aliphatic carbocycles. The average molecular weight is 180 g/mol. The van der Waals surface area contributed by atoms with E-state index in [9.17, 15) is 4.79 Å². The lowest BCUT2D eigenvalue weighted by atomic mass is 9.76. The van der Waals surface area contributed by atoms with Crippen molar-refractivity contribution >= 4 is 18.6 Å². The highest BCUT2D eigenvalue weighted by Crippen LogP contribution is 2.02. The summed E-state index contributed by atoms with van der Waals surface area (Å²) in [6.07, 6.45) is 0. The van der Waals surface area contributed by atoms with Crippen LogP contribution < -0.4 is 5.46 Å². The van der Waals surface area contributed by atoms with Gasteiger partial charge in [0.05, 0.1) is 5.56 Å². The number of carbonyl (C=O) groups is 1. The summed E-state index contributed by atoms with van der Waals surface area (Å²) in [6, 6.07) is 4.42. The lowest BCUT2D eigenvalue weighted by Crippen LogP contribution is -2.34.